The summed E-state index contributed by atoms with van der Waals surface area (Å²) in [5.74, 6) is -1.77. The third kappa shape index (κ3) is 2.10. The zero-order valence-electron chi connectivity index (χ0n) is 11.7. The van der Waals surface area contributed by atoms with Crippen LogP contribution in [0.2, 0.25) is 0 Å². The number of allylic oxidation sites excluding steroid dienone is 1. The van der Waals surface area contributed by atoms with Crippen LogP contribution < -0.4 is 5.32 Å². The maximum Gasteiger partial charge on any atom is 0.338 e. The Balaban J connectivity index is 2.25. The molecule has 0 amide bonds. The van der Waals surface area contributed by atoms with Crippen LogP contribution >= 0.6 is 0 Å². The van der Waals surface area contributed by atoms with E-state index in [2.05, 4.69) is 20.8 Å². The summed E-state index contributed by atoms with van der Waals surface area (Å²) in [7, 11) is 1.21. The molecule has 1 aromatic heterocycles. The van der Waals surface area contributed by atoms with Gasteiger partial charge in [-0.1, -0.05) is 5.10 Å². The fraction of sp³-hybridized carbons (Fsp3) is 0.231. The SMILES string of the molecule is COC(=O)C1=C(C)Nc2nnnn2[C@@H]1c1cc(F)ccc1F. The lowest BCUT2D eigenvalue weighted by atomic mass is 9.95. The quantitative estimate of drug-likeness (QED) is 0.845. The highest BCUT2D eigenvalue weighted by molar-refractivity contribution is 5.92. The van der Waals surface area contributed by atoms with Gasteiger partial charge in [-0.2, -0.15) is 4.68 Å². The van der Waals surface area contributed by atoms with E-state index in [-0.39, 0.29) is 17.1 Å². The van der Waals surface area contributed by atoms with E-state index in [9.17, 15) is 13.6 Å². The molecule has 2 heterocycles. The maximum atomic E-state index is 14.2. The Kier molecular flexibility index (Phi) is 3.32. The van der Waals surface area contributed by atoms with E-state index in [1.807, 2.05) is 0 Å². The van der Waals surface area contributed by atoms with Crippen LogP contribution in [0.5, 0.6) is 0 Å². The van der Waals surface area contributed by atoms with Gasteiger partial charge in [0.05, 0.1) is 12.7 Å². The van der Waals surface area contributed by atoms with Crippen molar-refractivity contribution in [2.45, 2.75) is 13.0 Å². The monoisotopic (exact) mass is 307 g/mol. The van der Waals surface area contributed by atoms with Crippen molar-refractivity contribution in [1.29, 1.82) is 0 Å². The number of benzene rings is 1. The highest BCUT2D eigenvalue weighted by Gasteiger charge is 2.36. The highest BCUT2D eigenvalue weighted by Crippen LogP contribution is 2.36. The van der Waals surface area contributed by atoms with Crippen LogP contribution in [-0.4, -0.2) is 33.3 Å². The Morgan fingerprint density at radius 2 is 2.18 bits per heavy atom. The zero-order chi connectivity index (χ0) is 15.9. The average molecular weight is 307 g/mol. The molecule has 0 aliphatic carbocycles. The number of aromatic nitrogens is 4. The molecule has 0 bridgehead atoms. The topological polar surface area (TPSA) is 81.9 Å². The van der Waals surface area contributed by atoms with Gasteiger partial charge in [-0.3, -0.25) is 0 Å². The molecule has 0 saturated carbocycles. The van der Waals surface area contributed by atoms with Crippen molar-refractivity contribution < 1.29 is 18.3 Å². The van der Waals surface area contributed by atoms with Crippen LogP contribution in [0.4, 0.5) is 14.7 Å². The van der Waals surface area contributed by atoms with Crippen molar-refractivity contribution in [3.63, 3.8) is 0 Å². The minimum absolute atomic E-state index is 0.0604. The number of esters is 1. The average Bonchev–Trinajstić information content (AvgIpc) is 2.95. The fourth-order valence-corrected chi connectivity index (χ4v) is 2.40. The number of ether oxygens (including phenoxy) is 1. The molecule has 0 radical (unpaired) electrons. The van der Waals surface area contributed by atoms with Gasteiger partial charge in [-0.25, -0.2) is 13.6 Å². The highest BCUT2D eigenvalue weighted by atomic mass is 19.1. The van der Waals surface area contributed by atoms with Crippen molar-refractivity contribution in [3.8, 4) is 0 Å². The van der Waals surface area contributed by atoms with Gasteiger partial charge < -0.3 is 10.1 Å². The molecule has 9 heteroatoms. The Morgan fingerprint density at radius 3 is 2.91 bits per heavy atom. The number of methoxy groups -OCH3 is 1. The summed E-state index contributed by atoms with van der Waals surface area (Å²) in [4.78, 5) is 12.1. The smallest absolute Gasteiger partial charge is 0.338 e. The van der Waals surface area contributed by atoms with Gasteiger partial charge in [-0.05, 0) is 35.5 Å². The van der Waals surface area contributed by atoms with Crippen LogP contribution in [-0.2, 0) is 9.53 Å². The summed E-state index contributed by atoms with van der Waals surface area (Å²) in [6.07, 6.45) is 0. The van der Waals surface area contributed by atoms with Crippen molar-refractivity contribution in [2.75, 3.05) is 12.4 Å². The van der Waals surface area contributed by atoms with E-state index in [1.54, 1.807) is 6.92 Å². The number of fused-ring (bicyclic) bond motifs is 1. The first kappa shape index (κ1) is 14.1. The second-order valence-corrected chi connectivity index (χ2v) is 4.67. The molecule has 1 atom stereocenters. The predicted octanol–water partition coefficient (Wildman–Crippen LogP) is 1.41. The van der Waals surface area contributed by atoms with Crippen LogP contribution in [0.15, 0.2) is 29.5 Å². The summed E-state index contributed by atoms with van der Waals surface area (Å²) in [6, 6.07) is 1.97. The molecule has 1 aromatic carbocycles. The zero-order valence-corrected chi connectivity index (χ0v) is 11.7. The molecule has 7 nitrogen and oxygen atoms in total. The number of carbonyl (C=O) groups is 1. The Labute approximate surface area is 123 Å². The minimum Gasteiger partial charge on any atom is -0.466 e. The summed E-state index contributed by atoms with van der Waals surface area (Å²) in [5.41, 5.74) is 0.449. The summed E-state index contributed by atoms with van der Waals surface area (Å²) in [6.45, 7) is 1.61. The number of nitrogens with zero attached hydrogens (tertiary/aromatic N) is 4. The van der Waals surface area contributed by atoms with E-state index >= 15 is 0 Å². The molecular formula is C13H11F2N5O2. The minimum atomic E-state index is -1.02. The molecule has 0 saturated heterocycles. The third-order valence-corrected chi connectivity index (χ3v) is 3.37. The number of halogens is 2. The van der Waals surface area contributed by atoms with Crippen LogP contribution in [0.25, 0.3) is 0 Å². The lowest BCUT2D eigenvalue weighted by Crippen LogP contribution is -2.30. The normalized spacial score (nSPS) is 17.0. The first-order valence-corrected chi connectivity index (χ1v) is 6.32. The van der Waals surface area contributed by atoms with E-state index < -0.39 is 23.6 Å². The van der Waals surface area contributed by atoms with Crippen LogP contribution in [0, 0.1) is 11.6 Å². The number of carbonyl (C=O) groups excluding carboxylic acids is 1. The van der Waals surface area contributed by atoms with Crippen LogP contribution in [0.1, 0.15) is 18.5 Å². The standard InChI is InChI=1S/C13H11F2N5O2/c1-6-10(12(21)22-2)11(20-13(16-6)17-18-19-20)8-5-7(14)3-4-9(8)15/h3-5,11H,1-2H3,(H,16,17,19)/t11-/m1/s1. The van der Waals surface area contributed by atoms with Gasteiger partial charge in [0.25, 0.3) is 0 Å². The van der Waals surface area contributed by atoms with Crippen molar-refractivity contribution in [3.05, 3.63) is 46.7 Å². The Bertz CT molecular complexity index is 786. The number of hydrogen-bond donors (Lipinski definition) is 1. The molecule has 1 aliphatic rings. The summed E-state index contributed by atoms with van der Waals surface area (Å²) < 4.78 is 33.7. The Hall–Kier alpha value is -2.84. The van der Waals surface area contributed by atoms with Crippen molar-refractivity contribution in [2.24, 2.45) is 0 Å². The van der Waals surface area contributed by atoms with E-state index in [0.717, 1.165) is 18.2 Å². The third-order valence-electron chi connectivity index (χ3n) is 3.37. The van der Waals surface area contributed by atoms with E-state index in [1.165, 1.54) is 11.8 Å². The van der Waals surface area contributed by atoms with Gasteiger partial charge in [0.1, 0.15) is 17.7 Å². The van der Waals surface area contributed by atoms with Gasteiger partial charge in [0.2, 0.25) is 5.95 Å². The molecule has 1 N–H and O–H groups in total. The van der Waals surface area contributed by atoms with E-state index in [4.69, 9.17) is 4.74 Å². The van der Waals surface area contributed by atoms with Crippen molar-refractivity contribution >= 4 is 11.9 Å². The maximum absolute atomic E-state index is 14.2. The first-order chi connectivity index (χ1) is 10.5. The number of nitrogens with one attached hydrogen (secondary N) is 1. The predicted molar refractivity (Wildman–Crippen MR) is 70.7 cm³/mol. The molecular weight excluding hydrogens is 296 g/mol. The molecule has 22 heavy (non-hydrogen) atoms. The largest absolute Gasteiger partial charge is 0.466 e. The number of tetrazole rings is 1. The molecule has 114 valence electrons. The van der Waals surface area contributed by atoms with Gasteiger partial charge in [0, 0.05) is 11.3 Å². The number of rotatable bonds is 2. The summed E-state index contributed by atoms with van der Waals surface area (Å²) in [5, 5.41) is 13.8. The molecule has 2 aromatic rings. The van der Waals surface area contributed by atoms with Gasteiger partial charge in [-0.15, -0.1) is 0 Å². The van der Waals surface area contributed by atoms with Gasteiger partial charge >= 0.3 is 5.97 Å². The van der Waals surface area contributed by atoms with E-state index in [0.29, 0.717) is 5.70 Å². The molecule has 1 aliphatic heterocycles. The van der Waals surface area contributed by atoms with Crippen LogP contribution in [0.3, 0.4) is 0 Å². The summed E-state index contributed by atoms with van der Waals surface area (Å²) >= 11 is 0. The molecule has 0 fully saturated rings. The lowest BCUT2D eigenvalue weighted by Gasteiger charge is -2.27. The number of hydrogen-bond acceptors (Lipinski definition) is 6. The molecule has 3 rings (SSSR count). The molecule has 0 unspecified atom stereocenters. The molecule has 0 spiro atoms. The van der Waals surface area contributed by atoms with Gasteiger partial charge in [0.15, 0.2) is 0 Å². The van der Waals surface area contributed by atoms with Crippen molar-refractivity contribution in [1.82, 2.24) is 20.2 Å². The first-order valence-electron chi connectivity index (χ1n) is 6.32. The lowest BCUT2D eigenvalue weighted by molar-refractivity contribution is -0.136. The fourth-order valence-electron chi connectivity index (χ4n) is 2.40. The Morgan fingerprint density at radius 1 is 1.41 bits per heavy atom. The number of anilines is 1. The second-order valence-electron chi connectivity index (χ2n) is 4.67. The second kappa shape index (κ2) is 5.17.